The van der Waals surface area contributed by atoms with Gasteiger partial charge in [0.2, 0.25) is 0 Å². The van der Waals surface area contributed by atoms with Crippen molar-refractivity contribution < 1.29 is 9.90 Å². The molecule has 0 aliphatic heterocycles. The van der Waals surface area contributed by atoms with Crippen LogP contribution in [0.3, 0.4) is 0 Å². The van der Waals surface area contributed by atoms with E-state index in [9.17, 15) is 9.90 Å². The Labute approximate surface area is 147 Å². The highest BCUT2D eigenvalue weighted by Gasteiger charge is 2.31. The third-order valence-electron chi connectivity index (χ3n) is 3.59. The number of hydrogen-bond donors (Lipinski definition) is 1. The van der Waals surface area contributed by atoms with Crippen molar-refractivity contribution in [2.45, 2.75) is 18.8 Å². The minimum atomic E-state index is -1.20. The number of carboxylic acid groups (broad SMARTS) is 1. The second-order valence-corrected chi connectivity index (χ2v) is 6.47. The molecule has 1 fully saturated rings. The first kappa shape index (κ1) is 16.3. The van der Waals surface area contributed by atoms with Crippen LogP contribution in [0.4, 0.5) is 11.5 Å². The van der Waals surface area contributed by atoms with Gasteiger partial charge in [0.05, 0.1) is 15.7 Å². The summed E-state index contributed by atoms with van der Waals surface area (Å²) in [4.78, 5) is 21.5. The zero-order chi connectivity index (χ0) is 16.7. The number of para-hydroxylation sites is 1. The summed E-state index contributed by atoms with van der Waals surface area (Å²) in [5.41, 5.74) is 0.295. The lowest BCUT2D eigenvalue weighted by Crippen LogP contribution is -2.17. The van der Waals surface area contributed by atoms with Gasteiger partial charge in [-0.1, -0.05) is 40.9 Å². The summed E-state index contributed by atoms with van der Waals surface area (Å²) in [7, 11) is 1.68. The molecule has 0 amide bonds. The molecule has 2 aromatic rings. The van der Waals surface area contributed by atoms with Gasteiger partial charge in [-0.3, -0.25) is 0 Å². The molecule has 0 bridgehead atoms. The van der Waals surface area contributed by atoms with Crippen LogP contribution < -0.4 is 4.90 Å². The van der Waals surface area contributed by atoms with Crippen LogP contribution in [0.25, 0.3) is 0 Å². The molecule has 1 heterocycles. The number of hydrogen-bond acceptors (Lipinski definition) is 4. The van der Waals surface area contributed by atoms with E-state index in [1.807, 2.05) is 0 Å². The van der Waals surface area contributed by atoms with Crippen LogP contribution in [0, 0.1) is 0 Å². The lowest BCUT2D eigenvalue weighted by molar-refractivity contribution is 0.0690. The van der Waals surface area contributed by atoms with Crippen molar-refractivity contribution in [3.05, 3.63) is 44.8 Å². The van der Waals surface area contributed by atoms with Crippen LogP contribution in [-0.4, -0.2) is 28.1 Å². The Hall–Kier alpha value is -1.56. The fraction of sp³-hybridized carbons (Fsp3) is 0.267. The largest absolute Gasteiger partial charge is 0.476 e. The predicted octanol–water partition coefficient (Wildman–Crippen LogP) is 4.78. The number of anilines is 2. The van der Waals surface area contributed by atoms with E-state index in [1.54, 1.807) is 30.1 Å². The summed E-state index contributed by atoms with van der Waals surface area (Å²) in [5, 5.41) is 10.1. The van der Waals surface area contributed by atoms with Crippen LogP contribution in [-0.2, 0) is 0 Å². The smallest absolute Gasteiger partial charge is 0.356 e. The number of aromatic nitrogens is 2. The minimum absolute atomic E-state index is 0.0413. The molecule has 0 atom stereocenters. The number of carboxylic acids is 1. The minimum Gasteiger partial charge on any atom is -0.476 e. The molecule has 3 rings (SSSR count). The number of carbonyl (C=O) groups is 1. The van der Waals surface area contributed by atoms with Crippen LogP contribution in [0.5, 0.6) is 0 Å². The van der Waals surface area contributed by atoms with Gasteiger partial charge in [0, 0.05) is 13.0 Å². The number of aromatic carboxylic acids is 1. The van der Waals surface area contributed by atoms with Crippen molar-refractivity contribution >= 4 is 52.3 Å². The molecular formula is C15H12Cl3N3O2. The molecule has 120 valence electrons. The van der Waals surface area contributed by atoms with Crippen molar-refractivity contribution in [3.8, 4) is 0 Å². The van der Waals surface area contributed by atoms with Gasteiger partial charge in [-0.25, -0.2) is 14.8 Å². The van der Waals surface area contributed by atoms with Crippen molar-refractivity contribution in [2.75, 3.05) is 11.9 Å². The van der Waals surface area contributed by atoms with Crippen molar-refractivity contribution in [1.82, 2.24) is 9.97 Å². The molecule has 0 spiro atoms. The fourth-order valence-corrected chi connectivity index (χ4v) is 3.20. The second kappa shape index (κ2) is 6.15. The summed E-state index contributed by atoms with van der Waals surface area (Å²) in [6.45, 7) is 0. The highest BCUT2D eigenvalue weighted by atomic mass is 35.5. The highest BCUT2D eigenvalue weighted by molar-refractivity contribution is 6.40. The number of halogens is 3. The van der Waals surface area contributed by atoms with Crippen molar-refractivity contribution in [2.24, 2.45) is 0 Å². The summed E-state index contributed by atoms with van der Waals surface area (Å²) >= 11 is 18.6. The van der Waals surface area contributed by atoms with Crippen molar-refractivity contribution in [1.29, 1.82) is 0 Å². The monoisotopic (exact) mass is 371 g/mol. The quantitative estimate of drug-likeness (QED) is 0.836. The van der Waals surface area contributed by atoms with Crippen LogP contribution in [0.1, 0.15) is 35.1 Å². The van der Waals surface area contributed by atoms with Crippen LogP contribution >= 0.6 is 34.8 Å². The molecule has 1 aliphatic rings. The van der Waals surface area contributed by atoms with E-state index in [-0.39, 0.29) is 22.5 Å². The second-order valence-electron chi connectivity index (χ2n) is 5.28. The molecule has 1 aliphatic carbocycles. The van der Waals surface area contributed by atoms with Crippen LogP contribution in [0.15, 0.2) is 18.2 Å². The van der Waals surface area contributed by atoms with E-state index in [2.05, 4.69) is 9.97 Å². The van der Waals surface area contributed by atoms with E-state index < -0.39 is 5.97 Å². The third-order valence-corrected chi connectivity index (χ3v) is 4.54. The van der Waals surface area contributed by atoms with E-state index in [0.29, 0.717) is 21.6 Å². The summed E-state index contributed by atoms with van der Waals surface area (Å²) < 4.78 is 0. The summed E-state index contributed by atoms with van der Waals surface area (Å²) in [6.07, 6.45) is 1.88. The molecular weight excluding hydrogens is 361 g/mol. The Kier molecular flexibility index (Phi) is 4.36. The van der Waals surface area contributed by atoms with Gasteiger partial charge < -0.3 is 10.0 Å². The van der Waals surface area contributed by atoms with Gasteiger partial charge in [0.25, 0.3) is 0 Å². The molecule has 23 heavy (non-hydrogen) atoms. The van der Waals surface area contributed by atoms with Crippen molar-refractivity contribution in [3.63, 3.8) is 0 Å². The van der Waals surface area contributed by atoms with E-state index in [4.69, 9.17) is 34.8 Å². The molecule has 0 unspecified atom stereocenters. The molecule has 1 aromatic heterocycles. The lowest BCUT2D eigenvalue weighted by atomic mass is 10.2. The van der Waals surface area contributed by atoms with Gasteiger partial charge in [0.15, 0.2) is 11.5 Å². The predicted molar refractivity (Wildman–Crippen MR) is 90.5 cm³/mol. The first-order valence-electron chi connectivity index (χ1n) is 6.88. The Bertz CT molecular complexity index is 774. The Balaban J connectivity index is 2.16. The molecule has 8 heteroatoms. The summed E-state index contributed by atoms with van der Waals surface area (Å²) in [6, 6.07) is 5.10. The topological polar surface area (TPSA) is 66.3 Å². The maximum Gasteiger partial charge on any atom is 0.356 e. The van der Waals surface area contributed by atoms with E-state index >= 15 is 0 Å². The SMILES string of the molecule is CN(c1nc(C2CC2)nc(C(=O)O)c1Cl)c1c(Cl)cccc1Cl. The normalized spacial score (nSPS) is 13.9. The third kappa shape index (κ3) is 3.09. The zero-order valence-corrected chi connectivity index (χ0v) is 14.3. The number of nitrogens with zero attached hydrogens (tertiary/aromatic N) is 3. The number of rotatable bonds is 4. The Morgan fingerprint density at radius 1 is 1.22 bits per heavy atom. The first-order valence-corrected chi connectivity index (χ1v) is 8.02. The average molecular weight is 373 g/mol. The average Bonchev–Trinajstić information content (AvgIpc) is 3.31. The van der Waals surface area contributed by atoms with Crippen LogP contribution in [0.2, 0.25) is 15.1 Å². The number of benzene rings is 1. The molecule has 1 N–H and O–H groups in total. The lowest BCUT2D eigenvalue weighted by Gasteiger charge is -2.23. The molecule has 0 radical (unpaired) electrons. The van der Waals surface area contributed by atoms with Gasteiger partial charge in [-0.2, -0.15) is 0 Å². The standard InChI is InChI=1S/C15H12Cl3N3O2/c1-21(12-8(16)3-2-4-9(12)17)14-10(18)11(15(22)23)19-13(20-14)7-5-6-7/h2-4,7H,5-6H2,1H3,(H,22,23). The maximum absolute atomic E-state index is 11.4. The molecule has 0 saturated heterocycles. The highest BCUT2D eigenvalue weighted by Crippen LogP contribution is 2.43. The van der Waals surface area contributed by atoms with Gasteiger partial charge in [0.1, 0.15) is 10.8 Å². The fourth-order valence-electron chi connectivity index (χ4n) is 2.26. The maximum atomic E-state index is 11.4. The first-order chi connectivity index (χ1) is 10.9. The Morgan fingerprint density at radius 3 is 2.35 bits per heavy atom. The zero-order valence-electron chi connectivity index (χ0n) is 12.1. The Morgan fingerprint density at radius 2 is 1.83 bits per heavy atom. The van der Waals surface area contributed by atoms with Gasteiger partial charge >= 0.3 is 5.97 Å². The molecule has 1 aromatic carbocycles. The van der Waals surface area contributed by atoms with Gasteiger partial charge in [-0.05, 0) is 25.0 Å². The molecule has 5 nitrogen and oxygen atoms in total. The van der Waals surface area contributed by atoms with Gasteiger partial charge in [-0.15, -0.1) is 0 Å². The molecule has 1 saturated carbocycles. The van der Waals surface area contributed by atoms with E-state index in [0.717, 1.165) is 12.8 Å². The van der Waals surface area contributed by atoms with E-state index in [1.165, 1.54) is 0 Å². The summed E-state index contributed by atoms with van der Waals surface area (Å²) in [5.74, 6) is -0.258.